The number of Topliss-reactive ketones (excluding diaryl/α,β-unsaturated/α-hetero) is 4. The molecule has 0 radical (unpaired) electrons. The summed E-state index contributed by atoms with van der Waals surface area (Å²) in [6, 6.07) is 3.76. The Kier molecular flexibility index (Phi) is 5.64. The van der Waals surface area contributed by atoms with Crippen LogP contribution in [0.15, 0.2) is 24.3 Å². The molecule has 24 heavy (non-hydrogen) atoms. The molecule has 0 saturated carbocycles. The van der Waals surface area contributed by atoms with E-state index in [1.807, 2.05) is 0 Å². The summed E-state index contributed by atoms with van der Waals surface area (Å²) in [4.78, 5) is 44.6. The normalized spacial score (nSPS) is 11.9. The Morgan fingerprint density at radius 1 is 0.708 bits per heavy atom. The average molecular weight is 354 g/mol. The lowest BCUT2D eigenvalue weighted by atomic mass is 9.99. The van der Waals surface area contributed by atoms with Crippen molar-refractivity contribution in [3.63, 3.8) is 0 Å². The van der Waals surface area contributed by atoms with Gasteiger partial charge in [0.2, 0.25) is 11.6 Å². The number of hydrogen-bond acceptors (Lipinski definition) is 4. The van der Waals surface area contributed by atoms with Crippen molar-refractivity contribution >= 4 is 23.1 Å². The zero-order chi connectivity index (χ0) is 18.7. The SMILES string of the molecule is O=C(CC(=O)C(F)(F)F)c1cccc(C(=O)CC(=O)C(F)(F)F)c1. The monoisotopic (exact) mass is 354 g/mol. The summed E-state index contributed by atoms with van der Waals surface area (Å²) in [7, 11) is 0. The van der Waals surface area contributed by atoms with Crippen LogP contribution in [0, 0.1) is 0 Å². The van der Waals surface area contributed by atoms with Gasteiger partial charge in [-0.3, -0.25) is 19.2 Å². The lowest BCUT2D eigenvalue weighted by Crippen LogP contribution is -2.26. The minimum atomic E-state index is -5.21. The Hall–Kier alpha value is -2.52. The van der Waals surface area contributed by atoms with Crippen molar-refractivity contribution in [1.29, 1.82) is 0 Å². The van der Waals surface area contributed by atoms with Crippen LogP contribution in [0.1, 0.15) is 33.6 Å². The van der Waals surface area contributed by atoms with Gasteiger partial charge >= 0.3 is 12.4 Å². The second-order valence-corrected chi connectivity index (χ2v) is 4.62. The van der Waals surface area contributed by atoms with Crippen LogP contribution in [-0.4, -0.2) is 35.5 Å². The Morgan fingerprint density at radius 3 is 1.33 bits per heavy atom. The molecule has 130 valence electrons. The molecule has 0 aliphatic heterocycles. The molecule has 0 atom stereocenters. The second kappa shape index (κ2) is 6.93. The Morgan fingerprint density at radius 2 is 1.04 bits per heavy atom. The van der Waals surface area contributed by atoms with Gasteiger partial charge in [-0.25, -0.2) is 0 Å². The van der Waals surface area contributed by atoms with Crippen LogP contribution in [0.4, 0.5) is 26.3 Å². The highest BCUT2D eigenvalue weighted by Crippen LogP contribution is 2.21. The van der Waals surface area contributed by atoms with E-state index in [4.69, 9.17) is 0 Å². The van der Waals surface area contributed by atoms with Crippen LogP contribution in [0.5, 0.6) is 0 Å². The number of hydrogen-bond donors (Lipinski definition) is 0. The third kappa shape index (κ3) is 5.28. The van der Waals surface area contributed by atoms with Crippen LogP contribution in [0.2, 0.25) is 0 Å². The highest BCUT2D eigenvalue weighted by Gasteiger charge is 2.40. The van der Waals surface area contributed by atoms with Crippen molar-refractivity contribution < 1.29 is 45.5 Å². The van der Waals surface area contributed by atoms with Crippen LogP contribution < -0.4 is 0 Å². The maximum absolute atomic E-state index is 12.1. The number of benzene rings is 1. The number of rotatable bonds is 6. The van der Waals surface area contributed by atoms with Crippen molar-refractivity contribution in [3.8, 4) is 0 Å². The first kappa shape index (κ1) is 19.5. The molecular formula is C14H8F6O4. The molecule has 10 heteroatoms. The van der Waals surface area contributed by atoms with Gasteiger partial charge in [0, 0.05) is 11.1 Å². The Balaban J connectivity index is 2.91. The molecule has 0 amide bonds. The lowest BCUT2D eigenvalue weighted by molar-refractivity contribution is -0.170. The molecule has 0 aliphatic carbocycles. The van der Waals surface area contributed by atoms with Crippen molar-refractivity contribution in [3.05, 3.63) is 35.4 Å². The van der Waals surface area contributed by atoms with Crippen LogP contribution in [0.25, 0.3) is 0 Å². The van der Waals surface area contributed by atoms with E-state index < -0.39 is 59.5 Å². The zero-order valence-electron chi connectivity index (χ0n) is 11.6. The lowest BCUT2D eigenvalue weighted by Gasteiger charge is -2.07. The Bertz CT molecular complexity index is 632. The standard InChI is InChI=1S/C14H8F6O4/c15-13(16,17)11(23)5-9(21)7-2-1-3-8(4-7)10(22)6-12(24)14(18,19)20/h1-4H,5-6H2. The van der Waals surface area contributed by atoms with E-state index in [-0.39, 0.29) is 0 Å². The predicted octanol–water partition coefficient (Wildman–Crippen LogP) is 3.10. The first-order valence-electron chi connectivity index (χ1n) is 6.19. The minimum absolute atomic E-state index is 0.460. The first-order valence-corrected chi connectivity index (χ1v) is 6.19. The highest BCUT2D eigenvalue weighted by molar-refractivity contribution is 6.12. The molecule has 0 heterocycles. The molecule has 4 nitrogen and oxygen atoms in total. The summed E-state index contributed by atoms with van der Waals surface area (Å²) >= 11 is 0. The molecule has 0 fully saturated rings. The minimum Gasteiger partial charge on any atom is -0.294 e. The van der Waals surface area contributed by atoms with Crippen LogP contribution in [0.3, 0.4) is 0 Å². The summed E-state index contributed by atoms with van der Waals surface area (Å²) in [5, 5.41) is 0. The molecule has 0 aromatic heterocycles. The molecule has 0 unspecified atom stereocenters. The number of alkyl halides is 6. The van der Waals surface area contributed by atoms with E-state index in [2.05, 4.69) is 0 Å². The quantitative estimate of drug-likeness (QED) is 0.447. The molecule has 1 aromatic carbocycles. The van der Waals surface area contributed by atoms with Crippen molar-refractivity contribution in [2.24, 2.45) is 0 Å². The number of halogens is 6. The zero-order valence-corrected chi connectivity index (χ0v) is 11.6. The van der Waals surface area contributed by atoms with Crippen molar-refractivity contribution in [2.45, 2.75) is 25.2 Å². The third-order valence-corrected chi connectivity index (χ3v) is 2.78. The summed E-state index contributed by atoms with van der Waals surface area (Å²) < 4.78 is 72.5. The van der Waals surface area contributed by atoms with Crippen molar-refractivity contribution in [2.75, 3.05) is 0 Å². The number of ketones is 4. The largest absolute Gasteiger partial charge is 0.450 e. The van der Waals surface area contributed by atoms with E-state index in [9.17, 15) is 45.5 Å². The molecule has 1 aromatic rings. The van der Waals surface area contributed by atoms with Gasteiger partial charge in [0.25, 0.3) is 0 Å². The van der Waals surface area contributed by atoms with Gasteiger partial charge in [-0.05, 0) is 6.07 Å². The van der Waals surface area contributed by atoms with Crippen molar-refractivity contribution in [1.82, 2.24) is 0 Å². The molecule has 0 aliphatic rings. The molecule has 0 N–H and O–H groups in total. The third-order valence-electron chi connectivity index (χ3n) is 2.78. The van der Waals surface area contributed by atoms with Gasteiger partial charge in [0.15, 0.2) is 11.6 Å². The first-order chi connectivity index (χ1) is 10.8. The fourth-order valence-electron chi connectivity index (χ4n) is 1.56. The van der Waals surface area contributed by atoms with Gasteiger partial charge in [-0.1, -0.05) is 18.2 Å². The molecule has 0 spiro atoms. The fraction of sp³-hybridized carbons (Fsp3) is 0.286. The maximum atomic E-state index is 12.1. The predicted molar refractivity (Wildman–Crippen MR) is 66.5 cm³/mol. The van der Waals surface area contributed by atoms with E-state index in [0.29, 0.717) is 0 Å². The fourth-order valence-corrected chi connectivity index (χ4v) is 1.56. The van der Waals surface area contributed by atoms with E-state index in [1.165, 1.54) is 0 Å². The highest BCUT2D eigenvalue weighted by atomic mass is 19.4. The second-order valence-electron chi connectivity index (χ2n) is 4.62. The molecular weight excluding hydrogens is 346 g/mol. The maximum Gasteiger partial charge on any atom is 0.450 e. The van der Waals surface area contributed by atoms with Crippen LogP contribution in [-0.2, 0) is 9.59 Å². The van der Waals surface area contributed by atoms with E-state index in [1.54, 1.807) is 0 Å². The van der Waals surface area contributed by atoms with E-state index >= 15 is 0 Å². The summed E-state index contributed by atoms with van der Waals surface area (Å²) in [5.41, 5.74) is -0.921. The van der Waals surface area contributed by atoms with Gasteiger partial charge in [-0.15, -0.1) is 0 Å². The van der Waals surface area contributed by atoms with Gasteiger partial charge in [0.1, 0.15) is 0 Å². The van der Waals surface area contributed by atoms with Gasteiger partial charge < -0.3 is 0 Å². The topological polar surface area (TPSA) is 68.3 Å². The van der Waals surface area contributed by atoms with Gasteiger partial charge in [0.05, 0.1) is 12.8 Å². The molecule has 1 rings (SSSR count). The molecule has 0 bridgehead atoms. The summed E-state index contributed by atoms with van der Waals surface area (Å²) in [6.07, 6.45) is -13.4. The van der Waals surface area contributed by atoms with E-state index in [0.717, 1.165) is 24.3 Å². The smallest absolute Gasteiger partial charge is 0.294 e. The number of carbonyl (C=O) groups excluding carboxylic acids is 4. The van der Waals surface area contributed by atoms with Gasteiger partial charge in [-0.2, -0.15) is 26.3 Å². The average Bonchev–Trinajstić information content (AvgIpc) is 2.45. The summed E-state index contributed by atoms with van der Waals surface area (Å²) in [5.74, 6) is -7.10. The molecule has 0 saturated heterocycles. The summed E-state index contributed by atoms with van der Waals surface area (Å²) in [6.45, 7) is 0. The van der Waals surface area contributed by atoms with Crippen LogP contribution >= 0.6 is 0 Å². The Labute approximate surface area is 130 Å². The number of carbonyl (C=O) groups is 4.